The number of aromatic nitrogens is 1. The normalized spacial score (nSPS) is 11.2. The molecule has 0 saturated carbocycles. The van der Waals surface area contributed by atoms with Crippen LogP contribution in [0.4, 0.5) is 0 Å². The maximum absolute atomic E-state index is 10.8. The largest absolute Gasteiger partial charge is 0.497 e. The predicted molar refractivity (Wildman–Crippen MR) is 67.2 cm³/mol. The number of methoxy groups -OCH3 is 1. The Hall–Kier alpha value is -1.97. The summed E-state index contributed by atoms with van der Waals surface area (Å²) in [5, 5.41) is 3.85. The van der Waals surface area contributed by atoms with E-state index in [4.69, 9.17) is 6.11 Å². The van der Waals surface area contributed by atoms with Crippen molar-refractivity contribution >= 4 is 16.8 Å². The summed E-state index contributed by atoms with van der Waals surface area (Å²) in [5.41, 5.74) is 2.17. The molecule has 1 amide bonds. The summed E-state index contributed by atoms with van der Waals surface area (Å²) in [5.74, 6) is 0.672. The second kappa shape index (κ2) is 4.91. The summed E-state index contributed by atoms with van der Waals surface area (Å²) in [4.78, 5) is 14.0. The van der Waals surface area contributed by atoms with Crippen molar-refractivity contribution in [2.75, 3.05) is 13.6 Å². The molecule has 90 valence electrons. The molecule has 4 heteroatoms. The standard InChI is InChI=1S/C13H16N2O2/c1-9(16)14-6-5-10-8-15-13-4-3-11(17-2)7-12(10)13/h3-4,7-8,15H,5-6H2,1-2H3,(H,14,16)/i2D. The van der Waals surface area contributed by atoms with Crippen molar-refractivity contribution in [2.24, 2.45) is 0 Å². The van der Waals surface area contributed by atoms with Crippen LogP contribution in [0.5, 0.6) is 5.75 Å². The van der Waals surface area contributed by atoms with Gasteiger partial charge in [0.2, 0.25) is 5.91 Å². The maximum atomic E-state index is 10.8. The number of hydrogen-bond acceptors (Lipinski definition) is 2. The van der Waals surface area contributed by atoms with Gasteiger partial charge in [-0.15, -0.1) is 0 Å². The van der Waals surface area contributed by atoms with Crippen LogP contribution in [0.3, 0.4) is 0 Å². The molecule has 0 fully saturated rings. The topological polar surface area (TPSA) is 54.1 Å². The van der Waals surface area contributed by atoms with E-state index in [1.807, 2.05) is 24.4 Å². The van der Waals surface area contributed by atoms with Gasteiger partial charge in [-0.1, -0.05) is 0 Å². The Balaban J connectivity index is 2.16. The zero-order valence-corrected chi connectivity index (χ0v) is 9.75. The molecular formula is C13H16N2O2. The van der Waals surface area contributed by atoms with E-state index in [0.29, 0.717) is 12.3 Å². The highest BCUT2D eigenvalue weighted by Crippen LogP contribution is 2.23. The molecular weight excluding hydrogens is 216 g/mol. The number of carbonyl (C=O) groups is 1. The van der Waals surface area contributed by atoms with Crippen LogP contribution in [-0.4, -0.2) is 24.5 Å². The molecule has 1 aromatic heterocycles. The second-order valence-corrected chi connectivity index (χ2v) is 3.90. The highest BCUT2D eigenvalue weighted by molar-refractivity contribution is 5.84. The van der Waals surface area contributed by atoms with Crippen molar-refractivity contribution in [1.82, 2.24) is 10.3 Å². The third-order valence-corrected chi connectivity index (χ3v) is 2.67. The van der Waals surface area contributed by atoms with Crippen molar-refractivity contribution in [3.8, 4) is 5.75 Å². The number of carbonyl (C=O) groups excluding carboxylic acids is 1. The highest BCUT2D eigenvalue weighted by atomic mass is 16.5. The molecule has 0 aliphatic heterocycles. The van der Waals surface area contributed by atoms with Crippen LogP contribution in [0.25, 0.3) is 10.9 Å². The lowest BCUT2D eigenvalue weighted by Crippen LogP contribution is -2.22. The lowest BCUT2D eigenvalue weighted by molar-refractivity contribution is -0.118. The van der Waals surface area contributed by atoms with Crippen LogP contribution < -0.4 is 10.1 Å². The van der Waals surface area contributed by atoms with Crippen LogP contribution >= 0.6 is 0 Å². The van der Waals surface area contributed by atoms with Crippen molar-refractivity contribution in [1.29, 1.82) is 0 Å². The molecule has 0 unspecified atom stereocenters. The van der Waals surface area contributed by atoms with Gasteiger partial charge in [0.05, 0.1) is 8.46 Å². The molecule has 0 atom stereocenters. The lowest BCUT2D eigenvalue weighted by Gasteiger charge is -2.03. The van der Waals surface area contributed by atoms with Gasteiger partial charge in [0.15, 0.2) is 0 Å². The smallest absolute Gasteiger partial charge is 0.216 e. The zero-order valence-electron chi connectivity index (χ0n) is 10.7. The molecule has 0 aliphatic carbocycles. The minimum atomic E-state index is -0.0862. The Morgan fingerprint density at radius 2 is 2.47 bits per heavy atom. The first-order valence-electron chi connectivity index (χ1n) is 6.18. The number of hydrogen-bond donors (Lipinski definition) is 2. The number of ether oxygens (including phenoxy) is 1. The Morgan fingerprint density at radius 3 is 3.24 bits per heavy atom. The first-order chi connectivity index (χ1) is 8.70. The minimum absolute atomic E-state index is 0.0203. The molecule has 2 aromatic rings. The van der Waals surface area contributed by atoms with Gasteiger partial charge in [0, 0.05) is 30.6 Å². The second-order valence-electron chi connectivity index (χ2n) is 3.90. The molecule has 2 rings (SSSR count). The van der Waals surface area contributed by atoms with E-state index in [2.05, 4.69) is 10.3 Å². The lowest BCUT2D eigenvalue weighted by atomic mass is 10.1. The molecule has 0 bridgehead atoms. The summed E-state index contributed by atoms with van der Waals surface area (Å²) < 4.78 is 12.2. The van der Waals surface area contributed by atoms with Gasteiger partial charge in [-0.05, 0) is 30.2 Å². The Bertz CT molecular complexity index is 551. The van der Waals surface area contributed by atoms with Crippen LogP contribution in [0.15, 0.2) is 24.4 Å². The summed E-state index contributed by atoms with van der Waals surface area (Å²) >= 11 is 0. The zero-order chi connectivity index (χ0) is 13.0. The summed E-state index contributed by atoms with van der Waals surface area (Å²) in [6.07, 6.45) is 2.71. The predicted octanol–water partition coefficient (Wildman–Crippen LogP) is 1.86. The van der Waals surface area contributed by atoms with Gasteiger partial charge in [-0.2, -0.15) is 0 Å². The van der Waals surface area contributed by atoms with Crippen molar-refractivity contribution in [3.63, 3.8) is 0 Å². The Labute approximate surface area is 101 Å². The number of aromatic amines is 1. The number of fused-ring (bicyclic) bond motifs is 1. The molecule has 0 saturated heterocycles. The molecule has 17 heavy (non-hydrogen) atoms. The SMILES string of the molecule is [2H]COc1ccc2[nH]cc(CCNC(C)=O)c2c1. The van der Waals surface area contributed by atoms with Crippen LogP contribution in [0.1, 0.15) is 13.9 Å². The first-order valence-corrected chi connectivity index (χ1v) is 5.47. The van der Waals surface area contributed by atoms with Crippen LogP contribution in [0.2, 0.25) is 0 Å². The first kappa shape index (κ1) is 10.2. The van der Waals surface area contributed by atoms with Gasteiger partial charge in [0.1, 0.15) is 5.75 Å². The van der Waals surface area contributed by atoms with Crippen LogP contribution in [-0.2, 0) is 11.2 Å². The maximum Gasteiger partial charge on any atom is 0.216 e. The minimum Gasteiger partial charge on any atom is -0.497 e. The fourth-order valence-electron chi connectivity index (χ4n) is 1.83. The van der Waals surface area contributed by atoms with Crippen molar-refractivity contribution in [2.45, 2.75) is 13.3 Å². The Kier molecular flexibility index (Phi) is 2.95. The summed E-state index contributed by atoms with van der Waals surface area (Å²) in [6, 6.07) is 5.69. The van der Waals surface area contributed by atoms with E-state index in [0.717, 1.165) is 22.9 Å². The summed E-state index contributed by atoms with van der Waals surface area (Å²) in [7, 11) is -0.0862. The quantitative estimate of drug-likeness (QED) is 0.846. The van der Waals surface area contributed by atoms with Crippen molar-refractivity contribution in [3.05, 3.63) is 30.0 Å². The van der Waals surface area contributed by atoms with E-state index >= 15 is 0 Å². The van der Waals surface area contributed by atoms with Gasteiger partial charge in [-0.25, -0.2) is 0 Å². The van der Waals surface area contributed by atoms with Gasteiger partial charge in [-0.3, -0.25) is 4.79 Å². The number of benzene rings is 1. The third kappa shape index (κ3) is 2.58. The number of amides is 1. The molecule has 4 nitrogen and oxygen atoms in total. The van der Waals surface area contributed by atoms with Gasteiger partial charge in [0.25, 0.3) is 0 Å². The fourth-order valence-corrected chi connectivity index (χ4v) is 1.83. The number of rotatable bonds is 4. The monoisotopic (exact) mass is 233 g/mol. The molecule has 2 N–H and O–H groups in total. The molecule has 1 heterocycles. The van der Waals surface area contributed by atoms with E-state index in [9.17, 15) is 4.79 Å². The third-order valence-electron chi connectivity index (χ3n) is 2.67. The van der Waals surface area contributed by atoms with E-state index in [1.54, 1.807) is 0 Å². The average Bonchev–Trinajstić information content (AvgIpc) is 2.72. The van der Waals surface area contributed by atoms with E-state index < -0.39 is 0 Å². The van der Waals surface area contributed by atoms with Gasteiger partial charge < -0.3 is 15.0 Å². The fraction of sp³-hybridized carbons (Fsp3) is 0.308. The molecule has 0 spiro atoms. The Morgan fingerprint density at radius 1 is 1.59 bits per heavy atom. The number of nitrogens with one attached hydrogen (secondary N) is 2. The van der Waals surface area contributed by atoms with Crippen molar-refractivity contribution < 1.29 is 10.9 Å². The number of H-pyrrole nitrogens is 1. The van der Waals surface area contributed by atoms with E-state index in [-0.39, 0.29) is 13.0 Å². The molecule has 0 aliphatic rings. The molecule has 1 aromatic carbocycles. The molecule has 0 radical (unpaired) electrons. The van der Waals surface area contributed by atoms with Gasteiger partial charge >= 0.3 is 0 Å². The summed E-state index contributed by atoms with van der Waals surface area (Å²) in [6.45, 7) is 2.13. The van der Waals surface area contributed by atoms with Crippen LogP contribution in [0, 0.1) is 0 Å². The van der Waals surface area contributed by atoms with E-state index in [1.165, 1.54) is 6.92 Å². The highest BCUT2D eigenvalue weighted by Gasteiger charge is 2.05. The average molecular weight is 233 g/mol.